The summed E-state index contributed by atoms with van der Waals surface area (Å²) in [7, 11) is -6.58. The van der Waals surface area contributed by atoms with Crippen LogP contribution in [0, 0.1) is 0 Å². The maximum atomic E-state index is 12.8. The van der Waals surface area contributed by atoms with E-state index in [4.69, 9.17) is 39.5 Å². The highest BCUT2D eigenvalue weighted by Gasteiger charge is 2.43. The van der Waals surface area contributed by atoms with Gasteiger partial charge in [-0.15, -0.1) is 0 Å². The van der Waals surface area contributed by atoms with E-state index in [-0.39, 0.29) is 16.3 Å². The molecular formula is C15H18Cl3N3O7S2. The van der Waals surface area contributed by atoms with E-state index >= 15 is 0 Å². The molecule has 0 aliphatic carbocycles. The number of nitrogens with one attached hydrogen (secondary N) is 3. The molecule has 3 N–H and O–H groups in total. The number of anilines is 1. The summed E-state index contributed by atoms with van der Waals surface area (Å²) in [6.45, 7) is 1.24. The molecule has 30 heavy (non-hydrogen) atoms. The van der Waals surface area contributed by atoms with Gasteiger partial charge in [-0.25, -0.2) is 21.6 Å². The van der Waals surface area contributed by atoms with Crippen LogP contribution in [-0.4, -0.2) is 63.1 Å². The molecule has 1 fully saturated rings. The van der Waals surface area contributed by atoms with E-state index in [0.29, 0.717) is 0 Å². The average molecular weight is 523 g/mol. The molecule has 0 aromatic heterocycles. The monoisotopic (exact) mass is 521 g/mol. The number of carbonyl (C=O) groups is 2. The number of rotatable bonds is 6. The molecule has 0 saturated carbocycles. The highest BCUT2D eigenvalue weighted by molar-refractivity contribution is 7.92. The second kappa shape index (κ2) is 9.05. The number of alkyl halides is 3. The predicted octanol–water partition coefficient (Wildman–Crippen LogP) is 0.584. The van der Waals surface area contributed by atoms with Gasteiger partial charge in [0.2, 0.25) is 15.9 Å². The average Bonchev–Trinajstić information content (AvgIpc) is 2.86. The number of methoxy groups -OCH3 is 1. The number of ether oxygens (including phenoxy) is 1. The van der Waals surface area contributed by atoms with Crippen molar-refractivity contribution in [2.75, 3.05) is 23.9 Å². The minimum Gasteiger partial charge on any atom is -0.495 e. The van der Waals surface area contributed by atoms with E-state index in [9.17, 15) is 26.4 Å². The van der Waals surface area contributed by atoms with E-state index in [0.717, 1.165) is 6.07 Å². The van der Waals surface area contributed by atoms with Gasteiger partial charge in [-0.05, 0) is 18.2 Å². The van der Waals surface area contributed by atoms with Gasteiger partial charge in [-0.2, -0.15) is 0 Å². The Balaban J connectivity index is 2.32. The molecule has 1 heterocycles. The first-order valence-electron chi connectivity index (χ1n) is 8.21. The molecule has 0 bridgehead atoms. The number of hydrogen-bond acceptors (Lipinski definition) is 7. The van der Waals surface area contributed by atoms with Crippen LogP contribution in [0.1, 0.15) is 6.92 Å². The zero-order valence-electron chi connectivity index (χ0n) is 15.6. The fourth-order valence-corrected chi connectivity index (χ4v) is 6.20. The summed E-state index contributed by atoms with van der Waals surface area (Å²) in [4.78, 5) is 23.0. The third-order valence-electron chi connectivity index (χ3n) is 4.03. The molecule has 168 valence electrons. The summed E-state index contributed by atoms with van der Waals surface area (Å²) in [5.74, 6) is -2.41. The van der Waals surface area contributed by atoms with Crippen molar-refractivity contribution in [3.63, 3.8) is 0 Å². The number of benzene rings is 1. The molecule has 0 radical (unpaired) electrons. The largest absolute Gasteiger partial charge is 0.495 e. The predicted molar refractivity (Wildman–Crippen MR) is 112 cm³/mol. The number of sulfone groups is 1. The fraction of sp³-hybridized carbons (Fsp3) is 0.467. The van der Waals surface area contributed by atoms with Gasteiger partial charge in [0, 0.05) is 6.92 Å². The molecule has 1 aliphatic rings. The molecule has 1 aromatic rings. The number of halogens is 3. The summed E-state index contributed by atoms with van der Waals surface area (Å²) < 4.78 is 54.6. The topological polar surface area (TPSA) is 148 Å². The zero-order chi connectivity index (χ0) is 22.9. The standard InChI is InChI=1S/C15H18Cl3N3O7S2/c1-8(22)19-10-5-9(3-4-13(10)28-2)30(26,27)21-12-7-29(24,25)6-11(12)20-14(23)15(16,17)18/h3-5,11-12,21H,6-7H2,1-2H3,(H,19,22)(H,20,23)/t11-,12-/m1/s1. The molecular weight excluding hydrogens is 505 g/mol. The Morgan fingerprint density at radius 3 is 2.30 bits per heavy atom. The fourth-order valence-electron chi connectivity index (χ4n) is 2.77. The Morgan fingerprint density at radius 2 is 1.77 bits per heavy atom. The van der Waals surface area contributed by atoms with Crippen molar-refractivity contribution < 1.29 is 31.2 Å². The quantitative estimate of drug-likeness (QED) is 0.463. The van der Waals surface area contributed by atoms with Crippen LogP contribution in [0.3, 0.4) is 0 Å². The third-order valence-corrected chi connectivity index (χ3v) is 7.76. The third kappa shape index (κ3) is 6.34. The second-order valence-corrected chi connectivity index (χ2v) is 12.6. The van der Waals surface area contributed by atoms with Crippen molar-refractivity contribution in [2.24, 2.45) is 0 Å². The van der Waals surface area contributed by atoms with Crippen LogP contribution in [0.25, 0.3) is 0 Å². The Hall–Kier alpha value is -1.31. The van der Waals surface area contributed by atoms with Gasteiger partial charge < -0.3 is 15.4 Å². The van der Waals surface area contributed by atoms with Crippen molar-refractivity contribution in [3.8, 4) is 5.75 Å². The molecule has 1 saturated heterocycles. The van der Waals surface area contributed by atoms with Crippen LogP contribution in [0.4, 0.5) is 5.69 Å². The SMILES string of the molecule is COc1ccc(S(=O)(=O)N[C@@H]2CS(=O)(=O)C[C@H]2NC(=O)C(Cl)(Cl)Cl)cc1NC(C)=O. The number of carbonyl (C=O) groups excluding carboxylic acids is 2. The Bertz CT molecular complexity index is 1060. The van der Waals surface area contributed by atoms with Crippen molar-refractivity contribution in [2.45, 2.75) is 27.7 Å². The maximum Gasteiger partial charge on any atom is 0.272 e. The van der Waals surface area contributed by atoms with Crippen LogP contribution in [0.5, 0.6) is 5.75 Å². The minimum absolute atomic E-state index is 0.105. The minimum atomic E-state index is -4.25. The van der Waals surface area contributed by atoms with Crippen molar-refractivity contribution in [1.82, 2.24) is 10.0 Å². The van der Waals surface area contributed by atoms with Gasteiger partial charge in [-0.3, -0.25) is 9.59 Å². The first-order valence-corrected chi connectivity index (χ1v) is 12.6. The molecule has 1 aliphatic heterocycles. The molecule has 2 atom stereocenters. The summed E-state index contributed by atoms with van der Waals surface area (Å²) in [6, 6.07) is 1.34. The zero-order valence-corrected chi connectivity index (χ0v) is 19.5. The molecule has 0 unspecified atom stereocenters. The normalized spacial score (nSPS) is 21.1. The number of sulfonamides is 1. The van der Waals surface area contributed by atoms with Crippen LogP contribution < -0.4 is 20.1 Å². The summed E-state index contributed by atoms with van der Waals surface area (Å²) >= 11 is 16.4. The summed E-state index contributed by atoms with van der Waals surface area (Å²) in [5, 5.41) is 4.68. The number of hydrogen-bond donors (Lipinski definition) is 3. The van der Waals surface area contributed by atoms with E-state index in [1.54, 1.807) is 0 Å². The Morgan fingerprint density at radius 1 is 1.17 bits per heavy atom. The van der Waals surface area contributed by atoms with Crippen LogP contribution in [-0.2, 0) is 29.4 Å². The van der Waals surface area contributed by atoms with Gasteiger partial charge in [0.05, 0.1) is 41.3 Å². The lowest BCUT2D eigenvalue weighted by molar-refractivity contribution is -0.121. The smallest absolute Gasteiger partial charge is 0.272 e. The van der Waals surface area contributed by atoms with Gasteiger partial charge in [0.15, 0.2) is 9.84 Å². The molecule has 15 heteroatoms. The lowest BCUT2D eigenvalue weighted by atomic mass is 10.2. The molecule has 2 rings (SSSR count). The summed E-state index contributed by atoms with van der Waals surface area (Å²) in [6.07, 6.45) is 0. The van der Waals surface area contributed by atoms with Crippen molar-refractivity contribution >= 4 is 72.2 Å². The second-order valence-electron chi connectivity index (χ2n) is 6.43. The van der Waals surface area contributed by atoms with Gasteiger partial charge in [0.25, 0.3) is 9.70 Å². The highest BCUT2D eigenvalue weighted by Crippen LogP contribution is 2.29. The molecule has 1 aromatic carbocycles. The molecule has 10 nitrogen and oxygen atoms in total. The van der Waals surface area contributed by atoms with Crippen molar-refractivity contribution in [1.29, 1.82) is 0 Å². The van der Waals surface area contributed by atoms with Gasteiger partial charge in [0.1, 0.15) is 5.75 Å². The lowest BCUT2D eigenvalue weighted by Gasteiger charge is -2.22. The van der Waals surface area contributed by atoms with Crippen molar-refractivity contribution in [3.05, 3.63) is 18.2 Å². The maximum absolute atomic E-state index is 12.8. The van der Waals surface area contributed by atoms with Gasteiger partial charge >= 0.3 is 0 Å². The molecule has 2 amide bonds. The van der Waals surface area contributed by atoms with E-state index in [1.165, 1.54) is 26.2 Å². The van der Waals surface area contributed by atoms with E-state index < -0.39 is 59.1 Å². The van der Waals surface area contributed by atoms with Gasteiger partial charge in [-0.1, -0.05) is 34.8 Å². The first-order chi connectivity index (χ1) is 13.6. The van der Waals surface area contributed by atoms with Crippen LogP contribution in [0.2, 0.25) is 0 Å². The Labute approximate surface area is 188 Å². The van der Waals surface area contributed by atoms with E-state index in [2.05, 4.69) is 15.4 Å². The van der Waals surface area contributed by atoms with Crippen LogP contribution >= 0.6 is 34.8 Å². The Kier molecular flexibility index (Phi) is 7.53. The lowest BCUT2D eigenvalue weighted by Crippen LogP contribution is -2.53. The number of amides is 2. The highest BCUT2D eigenvalue weighted by atomic mass is 35.6. The first kappa shape index (κ1) is 25.0. The van der Waals surface area contributed by atoms with Crippen LogP contribution in [0.15, 0.2) is 23.1 Å². The summed E-state index contributed by atoms with van der Waals surface area (Å²) in [5.41, 5.74) is 0.105. The van der Waals surface area contributed by atoms with E-state index in [1.807, 2.05) is 0 Å². The molecule has 0 spiro atoms.